The first-order valence-electron chi connectivity index (χ1n) is 6.71. The number of H-pyrrole nitrogens is 2. The van der Waals surface area contributed by atoms with E-state index in [9.17, 15) is 9.59 Å². The fraction of sp³-hybridized carbons (Fsp3) is 0.214. The third kappa shape index (κ3) is 2.86. The zero-order chi connectivity index (χ0) is 15.7. The Hall–Kier alpha value is -2.61. The smallest absolute Gasteiger partial charge is 0.336 e. The van der Waals surface area contributed by atoms with Crippen LogP contribution in [0.5, 0.6) is 0 Å². The fourth-order valence-corrected chi connectivity index (χ4v) is 3.21. The summed E-state index contributed by atoms with van der Waals surface area (Å²) in [5, 5.41) is 11.0. The normalized spacial score (nSPS) is 11.1. The van der Waals surface area contributed by atoms with E-state index in [0.717, 1.165) is 29.8 Å². The molecule has 8 heteroatoms. The van der Waals surface area contributed by atoms with Crippen LogP contribution in [0.4, 0.5) is 5.95 Å². The Morgan fingerprint density at radius 3 is 2.86 bits per heavy atom. The number of thiophene rings is 1. The molecule has 3 aromatic rings. The molecule has 0 atom stereocenters. The van der Waals surface area contributed by atoms with Crippen molar-refractivity contribution in [2.45, 2.75) is 19.3 Å². The number of aryl methyl sites for hydroxylation is 2. The number of aromatic nitrogens is 3. The van der Waals surface area contributed by atoms with E-state index in [0.29, 0.717) is 16.6 Å². The van der Waals surface area contributed by atoms with Crippen LogP contribution < -0.4 is 11.3 Å². The number of nitrogen functional groups attached to an aromatic ring is 1. The van der Waals surface area contributed by atoms with Crippen LogP contribution >= 0.6 is 11.3 Å². The van der Waals surface area contributed by atoms with E-state index < -0.39 is 5.97 Å². The minimum atomic E-state index is -0.902. The van der Waals surface area contributed by atoms with Gasteiger partial charge in [0.1, 0.15) is 5.65 Å². The van der Waals surface area contributed by atoms with Crippen molar-refractivity contribution >= 4 is 34.3 Å². The SMILES string of the molecule is Nc1nc2[nH]c(CCCc3cc(C(=O)O)cs3)cc2c(=O)[nH]1. The van der Waals surface area contributed by atoms with Crippen LogP contribution in [0.2, 0.25) is 0 Å². The Morgan fingerprint density at radius 2 is 2.14 bits per heavy atom. The van der Waals surface area contributed by atoms with Gasteiger partial charge < -0.3 is 15.8 Å². The third-order valence-electron chi connectivity index (χ3n) is 3.34. The predicted octanol–water partition coefficient (Wildman–Crippen LogP) is 1.77. The summed E-state index contributed by atoms with van der Waals surface area (Å²) in [5.74, 6) is -0.813. The second-order valence-corrected chi connectivity index (χ2v) is 5.96. The van der Waals surface area contributed by atoms with Crippen LogP contribution in [0.15, 0.2) is 22.3 Å². The van der Waals surface area contributed by atoms with Crippen molar-refractivity contribution in [3.63, 3.8) is 0 Å². The van der Waals surface area contributed by atoms with E-state index in [4.69, 9.17) is 10.8 Å². The first-order valence-corrected chi connectivity index (χ1v) is 7.59. The van der Waals surface area contributed by atoms with E-state index >= 15 is 0 Å². The molecule has 0 bridgehead atoms. The lowest BCUT2D eigenvalue weighted by Crippen LogP contribution is -2.09. The molecular weight excluding hydrogens is 304 g/mol. The summed E-state index contributed by atoms with van der Waals surface area (Å²) in [5.41, 5.74) is 6.98. The zero-order valence-corrected chi connectivity index (χ0v) is 12.4. The average molecular weight is 318 g/mol. The topological polar surface area (TPSA) is 125 Å². The molecule has 22 heavy (non-hydrogen) atoms. The Balaban J connectivity index is 1.67. The number of fused-ring (bicyclic) bond motifs is 1. The molecule has 0 fully saturated rings. The van der Waals surface area contributed by atoms with Gasteiger partial charge in [-0.15, -0.1) is 11.3 Å². The van der Waals surface area contributed by atoms with Crippen molar-refractivity contribution in [3.05, 3.63) is 44.0 Å². The molecular formula is C14H14N4O3S. The molecule has 0 unspecified atom stereocenters. The Bertz CT molecular complexity index is 893. The van der Waals surface area contributed by atoms with Gasteiger partial charge >= 0.3 is 5.97 Å². The van der Waals surface area contributed by atoms with Crippen molar-refractivity contribution in [1.82, 2.24) is 15.0 Å². The van der Waals surface area contributed by atoms with E-state index in [-0.39, 0.29) is 11.5 Å². The number of nitrogens with two attached hydrogens (primary N) is 1. The lowest BCUT2D eigenvalue weighted by atomic mass is 10.1. The van der Waals surface area contributed by atoms with E-state index in [1.165, 1.54) is 11.3 Å². The van der Waals surface area contributed by atoms with Gasteiger partial charge in [-0.2, -0.15) is 4.98 Å². The summed E-state index contributed by atoms with van der Waals surface area (Å²) in [6.07, 6.45) is 2.38. The van der Waals surface area contributed by atoms with Crippen molar-refractivity contribution in [2.24, 2.45) is 0 Å². The maximum Gasteiger partial charge on any atom is 0.336 e. The van der Waals surface area contributed by atoms with Crippen molar-refractivity contribution in [3.8, 4) is 0 Å². The number of aromatic amines is 2. The quantitative estimate of drug-likeness (QED) is 0.570. The van der Waals surface area contributed by atoms with E-state index in [1.54, 1.807) is 17.5 Å². The Morgan fingerprint density at radius 1 is 1.32 bits per heavy atom. The summed E-state index contributed by atoms with van der Waals surface area (Å²) in [6.45, 7) is 0. The minimum absolute atomic E-state index is 0.0886. The van der Waals surface area contributed by atoms with Crippen LogP contribution in [0.1, 0.15) is 27.3 Å². The summed E-state index contributed by atoms with van der Waals surface area (Å²) >= 11 is 1.45. The van der Waals surface area contributed by atoms with Crippen molar-refractivity contribution < 1.29 is 9.90 Å². The number of carbonyl (C=O) groups is 1. The van der Waals surface area contributed by atoms with Gasteiger partial charge in [0.15, 0.2) is 0 Å². The molecule has 0 aliphatic heterocycles. The second kappa shape index (κ2) is 5.64. The number of rotatable bonds is 5. The number of nitrogens with zero attached hydrogens (tertiary/aromatic N) is 1. The largest absolute Gasteiger partial charge is 0.478 e. The zero-order valence-electron chi connectivity index (χ0n) is 11.5. The minimum Gasteiger partial charge on any atom is -0.478 e. The molecule has 5 N–H and O–H groups in total. The molecule has 0 radical (unpaired) electrons. The molecule has 3 aromatic heterocycles. The summed E-state index contributed by atoms with van der Waals surface area (Å²) in [4.78, 5) is 33.2. The van der Waals surface area contributed by atoms with Gasteiger partial charge in [-0.05, 0) is 31.4 Å². The Kier molecular flexibility index (Phi) is 3.68. The highest BCUT2D eigenvalue weighted by Gasteiger charge is 2.09. The highest BCUT2D eigenvalue weighted by atomic mass is 32.1. The van der Waals surface area contributed by atoms with Crippen LogP contribution in [0.25, 0.3) is 11.0 Å². The van der Waals surface area contributed by atoms with Crippen LogP contribution in [-0.4, -0.2) is 26.0 Å². The molecule has 114 valence electrons. The number of hydrogen-bond donors (Lipinski definition) is 4. The van der Waals surface area contributed by atoms with Crippen molar-refractivity contribution in [1.29, 1.82) is 0 Å². The molecule has 0 saturated carbocycles. The second-order valence-electron chi connectivity index (χ2n) is 4.97. The number of aromatic carboxylic acids is 1. The first kappa shape index (κ1) is 14.3. The number of nitrogens with one attached hydrogen (secondary N) is 2. The molecule has 0 saturated heterocycles. The third-order valence-corrected chi connectivity index (χ3v) is 4.34. The van der Waals surface area contributed by atoms with Crippen LogP contribution in [0.3, 0.4) is 0 Å². The van der Waals surface area contributed by atoms with Crippen LogP contribution in [0, 0.1) is 0 Å². The fourth-order valence-electron chi connectivity index (χ4n) is 2.30. The number of carboxylic acids is 1. The molecule has 0 aliphatic carbocycles. The standard InChI is InChI=1S/C14H14N4O3S/c15-14-17-11-10(12(19)18-14)5-8(16-11)2-1-3-9-4-7(6-22-9)13(20)21/h4-6H,1-3H2,(H,20,21)(H4,15,16,17,18,19). The summed E-state index contributed by atoms with van der Waals surface area (Å²) in [7, 11) is 0. The van der Waals surface area contributed by atoms with Gasteiger partial charge in [-0.25, -0.2) is 4.79 Å². The molecule has 0 amide bonds. The number of anilines is 1. The maximum atomic E-state index is 11.7. The molecule has 0 spiro atoms. The molecule has 3 rings (SSSR count). The van der Waals surface area contributed by atoms with Gasteiger partial charge in [0.05, 0.1) is 10.9 Å². The summed E-state index contributed by atoms with van der Waals surface area (Å²) < 4.78 is 0. The van der Waals surface area contributed by atoms with Gasteiger partial charge in [-0.3, -0.25) is 9.78 Å². The number of hydrogen-bond acceptors (Lipinski definition) is 5. The molecule has 0 aromatic carbocycles. The molecule has 3 heterocycles. The van der Waals surface area contributed by atoms with E-state index in [2.05, 4.69) is 15.0 Å². The first-order chi connectivity index (χ1) is 10.5. The monoisotopic (exact) mass is 318 g/mol. The summed E-state index contributed by atoms with van der Waals surface area (Å²) in [6, 6.07) is 3.48. The lowest BCUT2D eigenvalue weighted by Gasteiger charge is -1.96. The molecule has 0 aliphatic rings. The predicted molar refractivity (Wildman–Crippen MR) is 84.4 cm³/mol. The Labute approximate surface area is 128 Å². The number of carboxylic acid groups (broad SMARTS) is 1. The highest BCUT2D eigenvalue weighted by Crippen LogP contribution is 2.18. The average Bonchev–Trinajstić information content (AvgIpc) is 3.05. The van der Waals surface area contributed by atoms with Gasteiger partial charge in [-0.1, -0.05) is 0 Å². The van der Waals surface area contributed by atoms with Gasteiger partial charge in [0.25, 0.3) is 5.56 Å². The highest BCUT2D eigenvalue weighted by molar-refractivity contribution is 7.10. The lowest BCUT2D eigenvalue weighted by molar-refractivity contribution is 0.0697. The van der Waals surface area contributed by atoms with Crippen LogP contribution in [-0.2, 0) is 12.8 Å². The van der Waals surface area contributed by atoms with E-state index in [1.807, 2.05) is 0 Å². The van der Waals surface area contributed by atoms with Gasteiger partial charge in [0, 0.05) is 16.0 Å². The maximum absolute atomic E-state index is 11.7. The van der Waals surface area contributed by atoms with Crippen molar-refractivity contribution in [2.75, 3.05) is 5.73 Å². The molecule has 7 nitrogen and oxygen atoms in total. The van der Waals surface area contributed by atoms with Gasteiger partial charge in [0.2, 0.25) is 5.95 Å².